The third-order valence-corrected chi connectivity index (χ3v) is 7.23. The van der Waals surface area contributed by atoms with E-state index in [0.29, 0.717) is 43.7 Å². The maximum atomic E-state index is 12.7. The maximum absolute atomic E-state index is 12.7. The van der Waals surface area contributed by atoms with E-state index in [-0.39, 0.29) is 30.1 Å². The van der Waals surface area contributed by atoms with Gasteiger partial charge in [0.25, 0.3) is 0 Å². The zero-order valence-electron chi connectivity index (χ0n) is 27.7. The van der Waals surface area contributed by atoms with Crippen LogP contribution in [0.4, 0.5) is 11.4 Å². The molecule has 4 rings (SSSR count). The second-order valence-electron chi connectivity index (χ2n) is 10.9. The topological polar surface area (TPSA) is 234 Å². The smallest absolute Gasteiger partial charge is 0.245 e. The lowest BCUT2D eigenvalue weighted by Gasteiger charge is -2.12. The Morgan fingerprint density at radius 2 is 0.902 bits per heavy atom. The summed E-state index contributed by atoms with van der Waals surface area (Å²) in [6.45, 7) is 2.59. The summed E-state index contributed by atoms with van der Waals surface area (Å²) in [7, 11) is 0. The highest BCUT2D eigenvalue weighted by Gasteiger charge is 2.18. The summed E-state index contributed by atoms with van der Waals surface area (Å²) in [5, 5.41) is 10.8. The van der Waals surface area contributed by atoms with Crippen molar-refractivity contribution in [3.8, 4) is 0 Å². The summed E-state index contributed by atoms with van der Waals surface area (Å²) in [6.07, 6.45) is 0. The molecule has 15 heteroatoms. The van der Waals surface area contributed by atoms with Gasteiger partial charge in [-0.15, -0.1) is 0 Å². The lowest BCUT2D eigenvalue weighted by Crippen LogP contribution is -2.43. The number of carbonyl (C=O) groups is 6. The number of carbonyl (C=O) groups excluding carboxylic acids is 6. The van der Waals surface area contributed by atoms with E-state index in [1.54, 1.807) is 72.8 Å². The predicted octanol–water partition coefficient (Wildman–Crippen LogP) is 3.12. The van der Waals surface area contributed by atoms with Gasteiger partial charge in [0.1, 0.15) is 0 Å². The maximum Gasteiger partial charge on any atom is 0.245 e. The quantitative estimate of drug-likeness (QED) is 0.116. The van der Waals surface area contributed by atoms with E-state index in [9.17, 15) is 28.8 Å². The fourth-order valence-corrected chi connectivity index (χ4v) is 4.49. The number of anilines is 2. The first-order valence-electron chi connectivity index (χ1n) is 15.2. The van der Waals surface area contributed by atoms with Crippen molar-refractivity contribution in [1.82, 2.24) is 10.6 Å². The minimum Gasteiger partial charge on any atom is -0.412 e. The molecule has 51 heavy (non-hydrogen) atoms. The number of halogens is 2. The van der Waals surface area contributed by atoms with Gasteiger partial charge in [0.05, 0.1) is 25.2 Å². The van der Waals surface area contributed by atoms with Crippen molar-refractivity contribution >= 4 is 69.8 Å². The molecule has 0 radical (unpaired) electrons. The van der Waals surface area contributed by atoms with Crippen molar-refractivity contribution in [1.29, 1.82) is 0 Å². The monoisotopic (exact) mass is 736 g/mol. The lowest BCUT2D eigenvalue weighted by molar-refractivity contribution is -0.131. The summed E-state index contributed by atoms with van der Waals surface area (Å²) < 4.78 is 0. The molecular weight excluding hydrogens is 699 g/mol. The molecule has 0 bridgehead atoms. The average molecular weight is 738 g/mol. The molecule has 0 aliphatic heterocycles. The Morgan fingerprint density at radius 3 is 1.22 bits per heavy atom. The Kier molecular flexibility index (Phi) is 16.6. The molecule has 0 spiro atoms. The van der Waals surface area contributed by atoms with Gasteiger partial charge in [0.15, 0.2) is 11.6 Å². The van der Waals surface area contributed by atoms with Gasteiger partial charge >= 0.3 is 0 Å². The molecule has 0 fully saturated rings. The molecule has 0 aliphatic carbocycles. The fourth-order valence-electron chi connectivity index (χ4n) is 4.15. The van der Waals surface area contributed by atoms with Gasteiger partial charge in [0, 0.05) is 43.7 Å². The summed E-state index contributed by atoms with van der Waals surface area (Å²) in [5.41, 5.74) is 13.4. The van der Waals surface area contributed by atoms with Crippen molar-refractivity contribution in [3.05, 3.63) is 129 Å². The average Bonchev–Trinajstić information content (AvgIpc) is 3.10. The Balaban J connectivity index is 0.000000347. The fraction of sp³-hybridized carbons (Fsp3) is 0.167. The molecule has 0 aliphatic rings. The van der Waals surface area contributed by atoms with Crippen LogP contribution in [0.1, 0.15) is 45.7 Å². The second-order valence-corrected chi connectivity index (χ2v) is 11.8. The largest absolute Gasteiger partial charge is 0.412 e. The Hall–Kier alpha value is -5.44. The van der Waals surface area contributed by atoms with Crippen molar-refractivity contribution < 1.29 is 34.2 Å². The van der Waals surface area contributed by atoms with Gasteiger partial charge < -0.3 is 27.6 Å². The number of ketones is 2. The molecule has 0 aromatic heterocycles. The van der Waals surface area contributed by atoms with Gasteiger partial charge in [-0.2, -0.15) is 0 Å². The number of hydrogen-bond acceptors (Lipinski definition) is 10. The number of rotatable bonds is 12. The van der Waals surface area contributed by atoms with E-state index in [4.69, 9.17) is 34.7 Å². The molecule has 4 aromatic rings. The van der Waals surface area contributed by atoms with Crippen LogP contribution in [0, 0.1) is 0 Å². The van der Waals surface area contributed by atoms with Gasteiger partial charge in [-0.3, -0.25) is 39.4 Å². The number of hydrogen-bond donors (Lipinski definition) is 6. The first-order valence-corrected chi connectivity index (χ1v) is 16.0. The summed E-state index contributed by atoms with van der Waals surface area (Å²) >= 11 is 12.0. The molecule has 0 saturated carbocycles. The van der Waals surface area contributed by atoms with E-state index < -0.39 is 35.7 Å². The molecule has 10 N–H and O–H groups in total. The summed E-state index contributed by atoms with van der Waals surface area (Å²) in [4.78, 5) is 71.7. The van der Waals surface area contributed by atoms with Gasteiger partial charge in [-0.25, -0.2) is 0 Å². The molecule has 0 saturated heterocycles. The van der Waals surface area contributed by atoms with E-state index in [2.05, 4.69) is 21.3 Å². The van der Waals surface area contributed by atoms with Crippen LogP contribution in [0.2, 0.25) is 10.0 Å². The van der Waals surface area contributed by atoms with E-state index in [0.717, 1.165) is 0 Å². The molecule has 0 heterocycles. The van der Waals surface area contributed by atoms with Crippen LogP contribution < -0.4 is 32.7 Å². The molecule has 13 nitrogen and oxygen atoms in total. The second kappa shape index (κ2) is 20.3. The predicted molar refractivity (Wildman–Crippen MR) is 197 cm³/mol. The van der Waals surface area contributed by atoms with Crippen molar-refractivity contribution in [2.45, 2.75) is 25.9 Å². The van der Waals surface area contributed by atoms with Crippen LogP contribution >= 0.6 is 23.2 Å². The molecule has 268 valence electrons. The van der Waals surface area contributed by atoms with Crippen LogP contribution in [0.15, 0.2) is 97.1 Å². The molecule has 2 atom stereocenters. The molecule has 4 amide bonds. The SMILES string of the molecule is CC(N)C(=O)NC(=O)CNc1ccc(Cl)cc1C(=O)c1ccccc1.CC(N)C(=O)NC(=O)CNc1ccc(Cl)cc1C(=O)c1ccccc1.O. The van der Waals surface area contributed by atoms with Crippen LogP contribution in [0.5, 0.6) is 0 Å². The summed E-state index contributed by atoms with van der Waals surface area (Å²) in [5.74, 6) is -2.67. The normalized spacial score (nSPS) is 11.3. The third-order valence-electron chi connectivity index (χ3n) is 6.76. The molecule has 2 unspecified atom stereocenters. The Labute approximate surface area is 304 Å². The highest BCUT2D eigenvalue weighted by molar-refractivity contribution is 6.32. The number of imide groups is 2. The first kappa shape index (κ1) is 41.7. The Morgan fingerprint density at radius 1 is 0.569 bits per heavy atom. The van der Waals surface area contributed by atoms with Crippen molar-refractivity contribution in [2.24, 2.45) is 11.5 Å². The van der Waals surface area contributed by atoms with Gasteiger partial charge in [-0.1, -0.05) is 83.9 Å². The van der Waals surface area contributed by atoms with E-state index in [1.807, 2.05) is 12.1 Å². The van der Waals surface area contributed by atoms with Crippen molar-refractivity contribution in [3.63, 3.8) is 0 Å². The van der Waals surface area contributed by atoms with Gasteiger partial charge in [-0.05, 0) is 50.2 Å². The minimum atomic E-state index is -0.783. The highest BCUT2D eigenvalue weighted by Crippen LogP contribution is 2.25. The van der Waals surface area contributed by atoms with E-state index in [1.165, 1.54) is 26.0 Å². The van der Waals surface area contributed by atoms with E-state index >= 15 is 0 Å². The highest BCUT2D eigenvalue weighted by atomic mass is 35.5. The number of nitrogens with one attached hydrogen (secondary N) is 4. The Bertz CT molecular complexity index is 1720. The minimum absolute atomic E-state index is 0. The first-order chi connectivity index (χ1) is 23.8. The van der Waals surface area contributed by atoms with Crippen LogP contribution in [-0.4, -0.2) is 65.8 Å². The number of benzene rings is 4. The lowest BCUT2D eigenvalue weighted by atomic mass is 10.0. The van der Waals surface area contributed by atoms with Gasteiger partial charge in [0.2, 0.25) is 23.6 Å². The number of nitrogens with two attached hydrogens (primary N) is 2. The molecular formula is C36H38Cl2N6O7. The number of amides is 4. The van der Waals surface area contributed by atoms with Crippen LogP contribution in [-0.2, 0) is 19.2 Å². The standard InChI is InChI=1S/2C18H18ClN3O3.H2O/c2*1-11(20)18(25)22-16(23)10-21-15-8-7-13(19)9-14(15)17(24)12-5-3-2-4-6-12;/h2*2-9,11,21H,10,20H2,1H3,(H,22,23,25);1H2. The summed E-state index contributed by atoms with van der Waals surface area (Å²) in [6, 6.07) is 25.4. The third kappa shape index (κ3) is 13.1. The van der Waals surface area contributed by atoms with Crippen LogP contribution in [0.3, 0.4) is 0 Å². The zero-order chi connectivity index (χ0) is 36.8. The van der Waals surface area contributed by atoms with Crippen molar-refractivity contribution in [2.75, 3.05) is 23.7 Å². The molecule has 4 aromatic carbocycles. The zero-order valence-corrected chi connectivity index (χ0v) is 29.2. The van der Waals surface area contributed by atoms with Crippen LogP contribution in [0.25, 0.3) is 0 Å².